The molecular weight excluding hydrogens is 316 g/mol. The van der Waals surface area contributed by atoms with Gasteiger partial charge in [0.25, 0.3) is 0 Å². The maximum atomic E-state index is 11.5. The molecule has 2 aliphatic heterocycles. The van der Waals surface area contributed by atoms with Crippen LogP contribution in [-0.4, -0.2) is 43.7 Å². The van der Waals surface area contributed by atoms with Crippen molar-refractivity contribution in [2.75, 3.05) is 26.8 Å². The number of benzene rings is 1. The van der Waals surface area contributed by atoms with Crippen LogP contribution in [0.4, 0.5) is 0 Å². The van der Waals surface area contributed by atoms with Gasteiger partial charge in [-0.3, -0.25) is 9.69 Å². The van der Waals surface area contributed by atoms with Crippen LogP contribution in [0.15, 0.2) is 18.2 Å². The van der Waals surface area contributed by atoms with Crippen molar-refractivity contribution in [1.82, 2.24) is 4.90 Å². The molecule has 1 aromatic rings. The molecule has 0 radical (unpaired) electrons. The van der Waals surface area contributed by atoms with Crippen molar-refractivity contribution in [2.24, 2.45) is 17.6 Å². The van der Waals surface area contributed by atoms with Crippen LogP contribution >= 0.6 is 0 Å². The number of nitrogens with zero attached hydrogens (tertiary/aromatic N) is 1. The van der Waals surface area contributed by atoms with Crippen molar-refractivity contribution in [3.05, 3.63) is 29.3 Å². The van der Waals surface area contributed by atoms with Crippen LogP contribution in [0.1, 0.15) is 36.8 Å². The monoisotopic (exact) mass is 346 g/mol. The van der Waals surface area contributed by atoms with E-state index < -0.39 is 0 Å². The summed E-state index contributed by atoms with van der Waals surface area (Å²) in [6.45, 7) is 5.89. The van der Waals surface area contributed by atoms with Gasteiger partial charge in [-0.1, -0.05) is 12.1 Å². The quantitative estimate of drug-likeness (QED) is 0.859. The van der Waals surface area contributed by atoms with Gasteiger partial charge in [0.2, 0.25) is 5.91 Å². The zero-order valence-corrected chi connectivity index (χ0v) is 15.4. The van der Waals surface area contributed by atoms with E-state index in [0.717, 1.165) is 51.1 Å². The lowest BCUT2D eigenvalue weighted by Crippen LogP contribution is -2.36. The van der Waals surface area contributed by atoms with E-state index in [1.807, 2.05) is 0 Å². The fraction of sp³-hybridized carbons (Fsp3) is 0.650. The van der Waals surface area contributed by atoms with E-state index in [0.29, 0.717) is 12.5 Å². The number of rotatable bonds is 6. The molecule has 0 aromatic heterocycles. The highest BCUT2D eigenvalue weighted by atomic mass is 16.5. The summed E-state index contributed by atoms with van der Waals surface area (Å²) in [6, 6.07) is 6.46. The SMILES string of the molecule is COc1cc(CN2CCC(C[C@H]3OCC[C@H]3C(N)=O)CC2)ccc1C. The highest BCUT2D eigenvalue weighted by Crippen LogP contribution is 2.31. The van der Waals surface area contributed by atoms with Crippen LogP contribution < -0.4 is 10.5 Å². The van der Waals surface area contributed by atoms with Gasteiger partial charge in [-0.15, -0.1) is 0 Å². The van der Waals surface area contributed by atoms with E-state index in [2.05, 4.69) is 30.0 Å². The number of aryl methyl sites for hydroxylation is 1. The summed E-state index contributed by atoms with van der Waals surface area (Å²) in [7, 11) is 1.72. The average Bonchev–Trinajstić information content (AvgIpc) is 3.07. The molecule has 0 aliphatic carbocycles. The molecule has 2 saturated heterocycles. The minimum atomic E-state index is -0.201. The summed E-state index contributed by atoms with van der Waals surface area (Å²) >= 11 is 0. The van der Waals surface area contributed by atoms with E-state index in [4.69, 9.17) is 15.2 Å². The number of methoxy groups -OCH3 is 1. The number of carbonyl (C=O) groups excluding carboxylic acids is 1. The van der Waals surface area contributed by atoms with Gasteiger partial charge in [0.1, 0.15) is 5.75 Å². The largest absolute Gasteiger partial charge is 0.496 e. The number of ether oxygens (including phenoxy) is 2. The number of piperidine rings is 1. The molecule has 5 nitrogen and oxygen atoms in total. The molecule has 1 aromatic carbocycles. The van der Waals surface area contributed by atoms with Crippen LogP contribution in [0.3, 0.4) is 0 Å². The predicted octanol–water partition coefficient (Wildman–Crippen LogP) is 2.50. The fourth-order valence-electron chi connectivity index (χ4n) is 4.14. The second kappa shape index (κ2) is 8.19. The molecule has 1 amide bonds. The summed E-state index contributed by atoms with van der Waals surface area (Å²) in [5.74, 6) is 1.31. The normalized spacial score (nSPS) is 25.2. The summed E-state index contributed by atoms with van der Waals surface area (Å²) in [6.07, 6.45) is 4.12. The van der Waals surface area contributed by atoms with Gasteiger partial charge in [0, 0.05) is 13.2 Å². The first-order valence-corrected chi connectivity index (χ1v) is 9.33. The topological polar surface area (TPSA) is 64.8 Å². The Labute approximate surface area is 150 Å². The van der Waals surface area contributed by atoms with Gasteiger partial charge in [-0.05, 0) is 68.8 Å². The molecule has 138 valence electrons. The number of amides is 1. The van der Waals surface area contributed by atoms with Gasteiger partial charge < -0.3 is 15.2 Å². The zero-order valence-electron chi connectivity index (χ0n) is 15.4. The second-order valence-corrected chi connectivity index (χ2v) is 7.47. The van der Waals surface area contributed by atoms with E-state index in [1.165, 1.54) is 11.1 Å². The Morgan fingerprint density at radius 2 is 2.08 bits per heavy atom. The number of hydrogen-bond donors (Lipinski definition) is 1. The number of primary amides is 1. The van der Waals surface area contributed by atoms with Crippen LogP contribution in [0.25, 0.3) is 0 Å². The Balaban J connectivity index is 1.48. The molecule has 2 fully saturated rings. The van der Waals surface area contributed by atoms with Gasteiger partial charge in [0.05, 0.1) is 19.1 Å². The fourth-order valence-corrected chi connectivity index (χ4v) is 4.14. The van der Waals surface area contributed by atoms with Gasteiger partial charge in [0.15, 0.2) is 0 Å². The maximum absolute atomic E-state index is 11.5. The summed E-state index contributed by atoms with van der Waals surface area (Å²) in [4.78, 5) is 14.0. The summed E-state index contributed by atoms with van der Waals surface area (Å²) < 4.78 is 11.2. The average molecular weight is 346 g/mol. The Kier molecular flexibility index (Phi) is 5.97. The lowest BCUT2D eigenvalue weighted by Gasteiger charge is -2.33. The number of nitrogens with two attached hydrogens (primary N) is 1. The summed E-state index contributed by atoms with van der Waals surface area (Å²) in [5, 5.41) is 0. The highest BCUT2D eigenvalue weighted by molar-refractivity contribution is 5.77. The van der Waals surface area contributed by atoms with Crippen molar-refractivity contribution in [3.63, 3.8) is 0 Å². The minimum Gasteiger partial charge on any atom is -0.496 e. The smallest absolute Gasteiger partial charge is 0.223 e. The third-order valence-corrected chi connectivity index (χ3v) is 5.73. The highest BCUT2D eigenvalue weighted by Gasteiger charge is 2.35. The Morgan fingerprint density at radius 3 is 2.76 bits per heavy atom. The lowest BCUT2D eigenvalue weighted by molar-refractivity contribution is -0.123. The molecule has 5 heteroatoms. The molecule has 2 N–H and O–H groups in total. The summed E-state index contributed by atoms with van der Waals surface area (Å²) in [5.41, 5.74) is 7.97. The van der Waals surface area contributed by atoms with E-state index >= 15 is 0 Å². The molecule has 0 saturated carbocycles. The molecule has 2 heterocycles. The first kappa shape index (κ1) is 18.2. The Bertz CT molecular complexity index is 597. The van der Waals surface area contributed by atoms with Gasteiger partial charge in [-0.2, -0.15) is 0 Å². The van der Waals surface area contributed by atoms with Crippen molar-refractivity contribution in [2.45, 2.75) is 45.3 Å². The van der Waals surface area contributed by atoms with E-state index in [9.17, 15) is 4.79 Å². The number of hydrogen-bond acceptors (Lipinski definition) is 4. The molecule has 0 spiro atoms. The number of carbonyl (C=O) groups is 1. The Hall–Kier alpha value is -1.59. The molecule has 2 aliphatic rings. The van der Waals surface area contributed by atoms with Crippen molar-refractivity contribution >= 4 is 5.91 Å². The minimum absolute atomic E-state index is 0.0374. The predicted molar refractivity (Wildman–Crippen MR) is 97.4 cm³/mol. The number of likely N-dealkylation sites (tertiary alicyclic amines) is 1. The first-order valence-electron chi connectivity index (χ1n) is 9.33. The standard InChI is InChI=1S/C20H30N2O3/c1-14-3-4-16(12-18(14)24-2)13-22-8-5-15(6-9-22)11-19-17(20(21)23)7-10-25-19/h3-4,12,15,17,19H,5-11,13H2,1-2H3,(H2,21,23)/t17-,19-/m1/s1. The molecular formula is C20H30N2O3. The van der Waals surface area contributed by atoms with Crippen molar-refractivity contribution < 1.29 is 14.3 Å². The van der Waals surface area contributed by atoms with Crippen LogP contribution in [0.5, 0.6) is 5.75 Å². The second-order valence-electron chi connectivity index (χ2n) is 7.47. The third kappa shape index (κ3) is 4.53. The van der Waals surface area contributed by atoms with Gasteiger partial charge in [-0.25, -0.2) is 0 Å². The van der Waals surface area contributed by atoms with Crippen LogP contribution in [0.2, 0.25) is 0 Å². The first-order chi connectivity index (χ1) is 12.1. The van der Waals surface area contributed by atoms with Crippen molar-refractivity contribution in [1.29, 1.82) is 0 Å². The molecule has 0 bridgehead atoms. The molecule has 25 heavy (non-hydrogen) atoms. The third-order valence-electron chi connectivity index (χ3n) is 5.73. The van der Waals surface area contributed by atoms with Crippen LogP contribution in [-0.2, 0) is 16.1 Å². The van der Waals surface area contributed by atoms with Crippen LogP contribution in [0, 0.1) is 18.8 Å². The lowest BCUT2D eigenvalue weighted by atomic mass is 9.86. The maximum Gasteiger partial charge on any atom is 0.223 e. The van der Waals surface area contributed by atoms with E-state index in [-0.39, 0.29) is 17.9 Å². The van der Waals surface area contributed by atoms with E-state index in [1.54, 1.807) is 7.11 Å². The molecule has 2 atom stereocenters. The zero-order chi connectivity index (χ0) is 17.8. The molecule has 0 unspecified atom stereocenters. The van der Waals surface area contributed by atoms with Crippen molar-refractivity contribution in [3.8, 4) is 5.75 Å². The van der Waals surface area contributed by atoms with Gasteiger partial charge >= 0.3 is 0 Å². The molecule has 3 rings (SSSR count). The Morgan fingerprint density at radius 1 is 1.32 bits per heavy atom.